The van der Waals surface area contributed by atoms with Crippen LogP contribution >= 0.6 is 0 Å². The van der Waals surface area contributed by atoms with Crippen LogP contribution in [0.3, 0.4) is 0 Å². The first-order chi connectivity index (χ1) is 7.60. The van der Waals surface area contributed by atoms with Crippen molar-refractivity contribution >= 4 is 11.8 Å². The predicted octanol–water partition coefficient (Wildman–Crippen LogP) is -0.129. The minimum absolute atomic E-state index is 0.0263. The topological polar surface area (TPSA) is 83.6 Å². The first kappa shape index (κ1) is 13.0. The summed E-state index contributed by atoms with van der Waals surface area (Å²) >= 11 is 0. The number of nitrogens with two attached hydrogens (primary N) is 1. The van der Waals surface area contributed by atoms with Crippen molar-refractivity contribution in [2.45, 2.75) is 38.6 Å². The zero-order valence-corrected chi connectivity index (χ0v) is 9.69. The van der Waals surface area contributed by atoms with Gasteiger partial charge in [0.1, 0.15) is 6.04 Å². The first-order valence-corrected chi connectivity index (χ1v) is 5.79. The van der Waals surface area contributed by atoms with Gasteiger partial charge >= 0.3 is 0 Å². The van der Waals surface area contributed by atoms with Crippen molar-refractivity contribution in [2.75, 3.05) is 13.2 Å². The van der Waals surface area contributed by atoms with Crippen LogP contribution in [-0.4, -0.2) is 41.0 Å². The van der Waals surface area contributed by atoms with Gasteiger partial charge in [-0.3, -0.25) is 9.59 Å². The second kappa shape index (κ2) is 5.84. The van der Waals surface area contributed by atoms with Crippen LogP contribution in [0.5, 0.6) is 0 Å². The molecule has 5 heteroatoms. The summed E-state index contributed by atoms with van der Waals surface area (Å²) in [5.74, 6) is -0.420. The summed E-state index contributed by atoms with van der Waals surface area (Å²) in [6.07, 6.45) is 2.57. The predicted molar refractivity (Wildman–Crippen MR) is 59.4 cm³/mol. The molecule has 1 heterocycles. The van der Waals surface area contributed by atoms with Crippen molar-refractivity contribution in [2.24, 2.45) is 11.7 Å². The van der Waals surface area contributed by atoms with Crippen molar-refractivity contribution in [3.8, 4) is 0 Å². The molecule has 1 rings (SSSR count). The number of aliphatic hydroxyl groups excluding tert-OH is 1. The van der Waals surface area contributed by atoms with Gasteiger partial charge in [0.05, 0.1) is 0 Å². The Morgan fingerprint density at radius 1 is 1.69 bits per heavy atom. The van der Waals surface area contributed by atoms with E-state index in [-0.39, 0.29) is 18.4 Å². The highest BCUT2D eigenvalue weighted by molar-refractivity contribution is 5.86. The smallest absolute Gasteiger partial charge is 0.240 e. The van der Waals surface area contributed by atoms with E-state index in [1.807, 2.05) is 6.92 Å². The van der Waals surface area contributed by atoms with Crippen LogP contribution in [0.25, 0.3) is 0 Å². The number of likely N-dealkylation sites (tertiary alicyclic amines) is 1. The van der Waals surface area contributed by atoms with Gasteiger partial charge in [-0.25, -0.2) is 0 Å². The molecule has 92 valence electrons. The molecular formula is C11H20N2O3. The van der Waals surface area contributed by atoms with E-state index in [0.29, 0.717) is 19.4 Å². The Kier molecular flexibility index (Phi) is 4.73. The third-order valence-electron chi connectivity index (χ3n) is 3.13. The van der Waals surface area contributed by atoms with Gasteiger partial charge in [0.25, 0.3) is 0 Å². The number of nitrogens with zero attached hydrogens (tertiary/aromatic N) is 1. The molecule has 0 saturated carbocycles. The molecule has 0 radical (unpaired) electrons. The molecule has 1 aliphatic rings. The van der Waals surface area contributed by atoms with Crippen LogP contribution < -0.4 is 5.73 Å². The average molecular weight is 228 g/mol. The zero-order chi connectivity index (χ0) is 12.1. The minimum atomic E-state index is -0.528. The maximum absolute atomic E-state index is 11.8. The molecular weight excluding hydrogens is 208 g/mol. The van der Waals surface area contributed by atoms with E-state index in [2.05, 4.69) is 0 Å². The summed E-state index contributed by atoms with van der Waals surface area (Å²) in [6.45, 7) is 2.33. The third-order valence-corrected chi connectivity index (χ3v) is 3.13. The van der Waals surface area contributed by atoms with Crippen molar-refractivity contribution in [3.05, 3.63) is 0 Å². The maximum atomic E-state index is 11.8. The van der Waals surface area contributed by atoms with Crippen LogP contribution in [0.4, 0.5) is 0 Å². The highest BCUT2D eigenvalue weighted by Gasteiger charge is 2.30. The Balaban J connectivity index is 2.79. The number of amides is 2. The molecule has 0 spiro atoms. The summed E-state index contributed by atoms with van der Waals surface area (Å²) in [7, 11) is 0. The lowest BCUT2D eigenvalue weighted by molar-refractivity contribution is -0.139. The molecule has 2 amide bonds. The molecule has 1 fully saturated rings. The number of rotatable bonds is 4. The summed E-state index contributed by atoms with van der Waals surface area (Å²) in [6, 6.07) is -0.528. The average Bonchev–Trinajstić information content (AvgIpc) is 2.42. The molecule has 16 heavy (non-hydrogen) atoms. The SMILES string of the molecule is CCC(C(N)=O)N1CC(CO)CCCC1=O. The Morgan fingerprint density at radius 2 is 2.38 bits per heavy atom. The largest absolute Gasteiger partial charge is 0.396 e. The lowest BCUT2D eigenvalue weighted by Crippen LogP contribution is -2.48. The molecule has 0 aromatic rings. The highest BCUT2D eigenvalue weighted by atomic mass is 16.3. The van der Waals surface area contributed by atoms with Crippen molar-refractivity contribution in [1.29, 1.82) is 0 Å². The molecule has 1 saturated heterocycles. The number of hydrogen-bond donors (Lipinski definition) is 2. The fourth-order valence-electron chi connectivity index (χ4n) is 2.18. The Morgan fingerprint density at radius 3 is 2.88 bits per heavy atom. The number of primary amides is 1. The van der Waals surface area contributed by atoms with E-state index in [4.69, 9.17) is 10.8 Å². The van der Waals surface area contributed by atoms with Crippen LogP contribution in [0.2, 0.25) is 0 Å². The molecule has 0 aromatic carbocycles. The molecule has 0 aromatic heterocycles. The lowest BCUT2D eigenvalue weighted by atomic mass is 10.0. The van der Waals surface area contributed by atoms with E-state index in [1.54, 1.807) is 0 Å². The summed E-state index contributed by atoms with van der Waals surface area (Å²) in [5.41, 5.74) is 5.28. The van der Waals surface area contributed by atoms with Crippen LogP contribution in [-0.2, 0) is 9.59 Å². The molecule has 2 unspecified atom stereocenters. The fraction of sp³-hybridized carbons (Fsp3) is 0.818. The number of aliphatic hydroxyl groups is 1. The van der Waals surface area contributed by atoms with E-state index < -0.39 is 11.9 Å². The standard InChI is InChI=1S/C11H20N2O3/c1-2-9(11(12)16)13-6-8(7-14)4-3-5-10(13)15/h8-9,14H,2-7H2,1H3,(H2,12,16). The summed E-state index contributed by atoms with van der Waals surface area (Å²) in [4.78, 5) is 24.6. The van der Waals surface area contributed by atoms with Gasteiger partial charge in [-0.2, -0.15) is 0 Å². The lowest BCUT2D eigenvalue weighted by Gasteiger charge is -2.29. The van der Waals surface area contributed by atoms with Crippen LogP contribution in [0.15, 0.2) is 0 Å². The van der Waals surface area contributed by atoms with Crippen LogP contribution in [0.1, 0.15) is 32.6 Å². The summed E-state index contributed by atoms with van der Waals surface area (Å²) in [5, 5.41) is 9.16. The monoisotopic (exact) mass is 228 g/mol. The van der Waals surface area contributed by atoms with E-state index in [1.165, 1.54) is 4.90 Å². The normalized spacial score (nSPS) is 24.0. The molecule has 3 N–H and O–H groups in total. The van der Waals surface area contributed by atoms with Gasteiger partial charge in [-0.15, -0.1) is 0 Å². The minimum Gasteiger partial charge on any atom is -0.396 e. The first-order valence-electron chi connectivity index (χ1n) is 5.79. The maximum Gasteiger partial charge on any atom is 0.240 e. The van der Waals surface area contributed by atoms with Crippen LogP contribution in [0, 0.1) is 5.92 Å². The molecule has 0 bridgehead atoms. The van der Waals surface area contributed by atoms with Crippen molar-refractivity contribution in [3.63, 3.8) is 0 Å². The van der Waals surface area contributed by atoms with Crippen molar-refractivity contribution < 1.29 is 14.7 Å². The molecule has 1 aliphatic heterocycles. The quantitative estimate of drug-likeness (QED) is 0.703. The Hall–Kier alpha value is -1.10. The van der Waals surface area contributed by atoms with Gasteiger partial charge in [0.2, 0.25) is 11.8 Å². The second-order valence-electron chi connectivity index (χ2n) is 4.31. The molecule has 0 aliphatic carbocycles. The fourth-order valence-corrected chi connectivity index (χ4v) is 2.18. The van der Waals surface area contributed by atoms with Gasteiger partial charge in [-0.05, 0) is 25.2 Å². The summed E-state index contributed by atoms with van der Waals surface area (Å²) < 4.78 is 0. The van der Waals surface area contributed by atoms with E-state index in [9.17, 15) is 9.59 Å². The van der Waals surface area contributed by atoms with Gasteiger partial charge in [0, 0.05) is 19.6 Å². The van der Waals surface area contributed by atoms with E-state index >= 15 is 0 Å². The molecule has 5 nitrogen and oxygen atoms in total. The Labute approximate surface area is 95.6 Å². The zero-order valence-electron chi connectivity index (χ0n) is 9.69. The Bertz CT molecular complexity index is 268. The second-order valence-corrected chi connectivity index (χ2v) is 4.31. The number of carbonyl (C=O) groups is 2. The van der Waals surface area contributed by atoms with Crippen molar-refractivity contribution in [1.82, 2.24) is 4.90 Å². The molecule has 2 atom stereocenters. The van der Waals surface area contributed by atoms with Gasteiger partial charge < -0.3 is 15.7 Å². The van der Waals surface area contributed by atoms with Gasteiger partial charge in [0.15, 0.2) is 0 Å². The number of hydrogen-bond acceptors (Lipinski definition) is 3. The highest BCUT2D eigenvalue weighted by Crippen LogP contribution is 2.19. The number of carbonyl (C=O) groups excluding carboxylic acids is 2. The van der Waals surface area contributed by atoms with E-state index in [0.717, 1.165) is 12.8 Å². The third kappa shape index (κ3) is 2.95. The van der Waals surface area contributed by atoms with Gasteiger partial charge in [-0.1, -0.05) is 6.92 Å².